The lowest BCUT2D eigenvalue weighted by atomic mass is 10.0. The number of furan rings is 2. The summed E-state index contributed by atoms with van der Waals surface area (Å²) in [5.74, 6) is 1.09. The topological polar surface area (TPSA) is 47.1 Å². The van der Waals surface area contributed by atoms with Crippen LogP contribution in [0.5, 0.6) is 0 Å². The van der Waals surface area contributed by atoms with Crippen LogP contribution in [0, 0.1) is 6.92 Å². The van der Waals surface area contributed by atoms with Gasteiger partial charge < -0.3 is 8.83 Å². The molecule has 2 aliphatic rings. The van der Waals surface area contributed by atoms with Gasteiger partial charge in [-0.25, -0.2) is 0 Å². The Hall–Kier alpha value is -4.69. The molecule has 5 nitrogen and oxygen atoms in total. The summed E-state index contributed by atoms with van der Waals surface area (Å²) < 4.78 is 48.2. The fourth-order valence-electron chi connectivity index (χ4n) is 5.46. The summed E-state index contributed by atoms with van der Waals surface area (Å²) in [5, 5.41) is 0.353. The molecule has 0 bridgehead atoms. The van der Waals surface area contributed by atoms with Gasteiger partial charge in [0.2, 0.25) is 11.1 Å². The van der Waals surface area contributed by atoms with Gasteiger partial charge in [0.05, 0.1) is 23.4 Å². The van der Waals surface area contributed by atoms with Gasteiger partial charge in [-0.05, 0) is 24.6 Å². The Morgan fingerprint density at radius 2 is 1.49 bits per heavy atom. The Balaban J connectivity index is 1.44. The third-order valence-electron chi connectivity index (χ3n) is 7.14. The van der Waals surface area contributed by atoms with E-state index in [9.17, 15) is 0 Å². The summed E-state index contributed by atoms with van der Waals surface area (Å²) >= 11 is -4.58. The van der Waals surface area contributed by atoms with E-state index < -0.39 is 11.2 Å². The Morgan fingerprint density at radius 1 is 0.795 bits per heavy atom. The fourth-order valence-corrected chi connectivity index (χ4v) is 7.14. The summed E-state index contributed by atoms with van der Waals surface area (Å²) in [4.78, 5) is 4.32. The van der Waals surface area contributed by atoms with E-state index in [2.05, 4.69) is 4.98 Å². The first-order valence-electron chi connectivity index (χ1n) is 12.4. The number of halogens is 2. The van der Waals surface area contributed by atoms with Crippen LogP contribution >= 0.6 is 11.2 Å². The Bertz CT molecular complexity index is 2110. The predicted octanol–water partition coefficient (Wildman–Crippen LogP) is 6.87. The molecule has 4 aromatic heterocycles. The van der Waals surface area contributed by atoms with Crippen molar-refractivity contribution in [2.75, 3.05) is 0 Å². The molecule has 0 atom stereocenters. The molecular formula is C31H20F2N3O2S+. The molecule has 0 aliphatic carbocycles. The molecule has 6 aromatic rings. The molecule has 0 fully saturated rings. The van der Waals surface area contributed by atoms with E-state index in [-0.39, 0.29) is 0 Å². The molecule has 39 heavy (non-hydrogen) atoms. The van der Waals surface area contributed by atoms with E-state index in [0.29, 0.717) is 50.4 Å². The maximum atomic E-state index is 16.8. The van der Waals surface area contributed by atoms with E-state index in [4.69, 9.17) is 8.83 Å². The highest BCUT2D eigenvalue weighted by Crippen LogP contribution is 2.61. The van der Waals surface area contributed by atoms with E-state index in [1.54, 1.807) is 30.5 Å². The highest BCUT2D eigenvalue weighted by Gasteiger charge is 2.53. The summed E-state index contributed by atoms with van der Waals surface area (Å²) in [7, 11) is 0. The van der Waals surface area contributed by atoms with Crippen molar-refractivity contribution in [3.63, 3.8) is 0 Å². The molecule has 8 rings (SSSR count). The third-order valence-corrected chi connectivity index (χ3v) is 8.81. The molecular weight excluding hydrogens is 516 g/mol. The molecule has 0 spiro atoms. The van der Waals surface area contributed by atoms with Gasteiger partial charge in [-0.2, -0.15) is 3.97 Å². The zero-order valence-corrected chi connectivity index (χ0v) is 21.5. The van der Waals surface area contributed by atoms with Crippen molar-refractivity contribution < 1.29 is 16.6 Å². The SMILES string of the molecule is Cc1cc(C2=C3C=c4oc(-c5ccccc5)cc4=[N+]3S(F)(F)n3c2cc2oc(-c4ccccc4)cc23)ccn1. The number of pyridine rings is 1. The molecule has 0 amide bonds. The first-order chi connectivity index (χ1) is 19.0. The maximum absolute atomic E-state index is 16.8. The summed E-state index contributed by atoms with van der Waals surface area (Å²) in [6.07, 6.45) is 3.43. The van der Waals surface area contributed by atoms with Crippen molar-refractivity contribution in [1.82, 2.24) is 12.9 Å². The van der Waals surface area contributed by atoms with E-state index in [1.165, 1.54) is 0 Å². The summed E-state index contributed by atoms with van der Waals surface area (Å²) in [6, 6.07) is 27.9. The van der Waals surface area contributed by atoms with Gasteiger partial charge >= 0.3 is 11.2 Å². The lowest BCUT2D eigenvalue weighted by molar-refractivity contribution is 0.544. The minimum atomic E-state index is -4.58. The lowest BCUT2D eigenvalue weighted by Gasteiger charge is -2.26. The molecule has 2 aliphatic heterocycles. The second-order valence-electron chi connectivity index (χ2n) is 9.58. The van der Waals surface area contributed by atoms with Crippen LogP contribution < -0.4 is 14.8 Å². The number of allylic oxidation sites excluding steroid dienone is 1. The van der Waals surface area contributed by atoms with Gasteiger partial charge in [0.15, 0.2) is 5.58 Å². The quantitative estimate of drug-likeness (QED) is 0.232. The molecule has 2 aromatic carbocycles. The van der Waals surface area contributed by atoms with Crippen LogP contribution in [0.4, 0.5) is 7.77 Å². The minimum absolute atomic E-state index is 0.353. The van der Waals surface area contributed by atoms with Gasteiger partial charge in [0, 0.05) is 35.2 Å². The Kier molecular flexibility index (Phi) is 4.52. The molecule has 8 heteroatoms. The number of nitrogens with zero attached hydrogens (tertiary/aromatic N) is 3. The van der Waals surface area contributed by atoms with Crippen molar-refractivity contribution in [3.05, 3.63) is 131 Å². The minimum Gasteiger partial charge on any atom is -0.454 e. The molecule has 0 N–H and O–H groups in total. The van der Waals surface area contributed by atoms with Gasteiger partial charge in [-0.3, -0.25) is 4.98 Å². The van der Waals surface area contributed by atoms with Crippen molar-refractivity contribution in [2.24, 2.45) is 0 Å². The average molecular weight is 537 g/mol. The number of hydrogen-bond donors (Lipinski definition) is 0. The standard InChI is InChI=1S/C31H20F2N3O2S/c1-19-14-22(12-13-34-19)31-25-17-29-23(15-27(37-29)20-8-4-2-5-9-20)35(25)39(32,33)36-24-16-28(21-10-6-3-7-11-21)38-30(24)18-26(31)36/h2-18H,1H3/q+1. The van der Waals surface area contributed by atoms with E-state index in [1.807, 2.05) is 79.7 Å². The van der Waals surface area contributed by atoms with Crippen LogP contribution in [0.1, 0.15) is 17.0 Å². The van der Waals surface area contributed by atoms with Crippen LogP contribution in [0.3, 0.4) is 0 Å². The van der Waals surface area contributed by atoms with Crippen molar-refractivity contribution in [2.45, 2.75) is 6.92 Å². The largest absolute Gasteiger partial charge is 0.454 e. The van der Waals surface area contributed by atoms with Gasteiger partial charge in [0.1, 0.15) is 17.0 Å². The highest BCUT2D eigenvalue weighted by atomic mass is 32.3. The smallest absolute Gasteiger partial charge is 0.388 e. The molecule has 0 unspecified atom stereocenters. The Labute approximate surface area is 223 Å². The number of aromatic nitrogens is 2. The lowest BCUT2D eigenvalue weighted by Crippen LogP contribution is -2.35. The highest BCUT2D eigenvalue weighted by molar-refractivity contribution is 8.22. The number of hydrogen-bond acceptors (Lipinski definition) is 3. The Morgan fingerprint density at radius 3 is 2.18 bits per heavy atom. The molecule has 0 saturated carbocycles. The van der Waals surface area contributed by atoms with E-state index >= 15 is 7.77 Å². The van der Waals surface area contributed by atoms with Crippen LogP contribution in [0.2, 0.25) is 0 Å². The first kappa shape index (κ1) is 22.3. The summed E-state index contributed by atoms with van der Waals surface area (Å²) in [5.41, 5.74) is 5.94. The number of aryl methyl sites for hydroxylation is 1. The molecule has 0 saturated heterocycles. The van der Waals surface area contributed by atoms with Gasteiger partial charge in [-0.15, -0.1) is 0 Å². The fraction of sp³-hybridized carbons (Fsp3) is 0.0323. The normalized spacial score (nSPS) is 16.1. The van der Waals surface area contributed by atoms with Crippen molar-refractivity contribution in [1.29, 1.82) is 0 Å². The number of fused-ring (bicyclic) bond motifs is 5. The molecule has 6 heterocycles. The number of benzene rings is 2. The van der Waals surface area contributed by atoms with E-state index in [0.717, 1.165) is 30.3 Å². The van der Waals surface area contributed by atoms with Crippen LogP contribution in [-0.2, 0) is 0 Å². The van der Waals surface area contributed by atoms with Gasteiger partial charge in [0.25, 0.3) is 5.36 Å². The van der Waals surface area contributed by atoms with Crippen molar-refractivity contribution >= 4 is 33.9 Å². The third kappa shape index (κ3) is 3.18. The predicted molar refractivity (Wildman–Crippen MR) is 149 cm³/mol. The zero-order chi connectivity index (χ0) is 26.3. The number of rotatable bonds is 3. The van der Waals surface area contributed by atoms with Crippen LogP contribution in [0.25, 0.3) is 45.4 Å². The second-order valence-corrected chi connectivity index (χ2v) is 11.1. The maximum Gasteiger partial charge on any atom is 0.388 e. The summed E-state index contributed by atoms with van der Waals surface area (Å²) in [6.45, 7) is 1.89. The first-order valence-corrected chi connectivity index (χ1v) is 13.8. The van der Waals surface area contributed by atoms with Crippen molar-refractivity contribution in [3.8, 4) is 22.6 Å². The van der Waals surface area contributed by atoms with Gasteiger partial charge in [-0.1, -0.05) is 72.4 Å². The monoisotopic (exact) mass is 536 g/mol. The average Bonchev–Trinajstić information content (AvgIpc) is 3.69. The van der Waals surface area contributed by atoms with Crippen LogP contribution in [-0.4, -0.2) is 8.96 Å². The second kappa shape index (κ2) is 7.91. The van der Waals surface area contributed by atoms with Crippen LogP contribution in [0.15, 0.2) is 112 Å². The zero-order valence-electron chi connectivity index (χ0n) is 20.6. The molecule has 190 valence electrons. The molecule has 0 radical (unpaired) electrons.